The van der Waals surface area contributed by atoms with Crippen LogP contribution in [0.2, 0.25) is 0 Å². The molecule has 0 fully saturated rings. The summed E-state index contributed by atoms with van der Waals surface area (Å²) in [5, 5.41) is 0. The second-order valence-corrected chi connectivity index (χ2v) is 6.57. The first-order valence-electron chi connectivity index (χ1n) is 6.30. The van der Waals surface area contributed by atoms with E-state index in [0.717, 1.165) is 12.1 Å². The van der Waals surface area contributed by atoms with Gasteiger partial charge in [-0.25, -0.2) is 0 Å². The molecule has 0 radical (unpaired) electrons. The number of anilines is 1. The lowest BCUT2D eigenvalue weighted by atomic mass is 10.2. The molecular formula is C14H18F3NO2S. The lowest BCUT2D eigenvalue weighted by Gasteiger charge is -2.19. The number of nitrogen functional groups attached to an aromatic ring is 1. The number of hydrogen-bond donors (Lipinski definition) is 1. The van der Waals surface area contributed by atoms with E-state index in [1.165, 1.54) is 17.8 Å². The van der Waals surface area contributed by atoms with Crippen molar-refractivity contribution in [3.63, 3.8) is 0 Å². The zero-order chi connectivity index (χ0) is 16.3. The average molecular weight is 321 g/mol. The van der Waals surface area contributed by atoms with E-state index in [-0.39, 0.29) is 18.1 Å². The molecule has 7 heteroatoms. The molecule has 118 valence electrons. The first-order valence-corrected chi connectivity index (χ1v) is 7.29. The van der Waals surface area contributed by atoms with Gasteiger partial charge in [-0.3, -0.25) is 4.79 Å². The lowest BCUT2D eigenvalue weighted by molar-refractivity contribution is -0.154. The summed E-state index contributed by atoms with van der Waals surface area (Å²) < 4.78 is 42.6. The molecule has 3 nitrogen and oxygen atoms in total. The number of benzene rings is 1. The summed E-state index contributed by atoms with van der Waals surface area (Å²) in [5.74, 6) is 0.0466. The minimum Gasteiger partial charge on any atom is -0.460 e. The second kappa shape index (κ2) is 6.60. The SMILES string of the molecule is CC(C)(C)OC(=O)CCSc1ccc(C(F)(F)F)cc1N. The largest absolute Gasteiger partial charge is 0.460 e. The molecule has 0 aliphatic heterocycles. The highest BCUT2D eigenvalue weighted by Gasteiger charge is 2.30. The fraction of sp³-hybridized carbons (Fsp3) is 0.500. The summed E-state index contributed by atoms with van der Waals surface area (Å²) in [7, 11) is 0. The highest BCUT2D eigenvalue weighted by Crippen LogP contribution is 2.34. The number of esters is 1. The van der Waals surface area contributed by atoms with Crippen molar-refractivity contribution in [3.05, 3.63) is 23.8 Å². The summed E-state index contributed by atoms with van der Waals surface area (Å²) in [6.07, 6.45) is -4.24. The highest BCUT2D eigenvalue weighted by atomic mass is 32.2. The van der Waals surface area contributed by atoms with Gasteiger partial charge in [-0.15, -0.1) is 11.8 Å². The van der Waals surface area contributed by atoms with Crippen molar-refractivity contribution in [1.29, 1.82) is 0 Å². The number of thioether (sulfide) groups is 1. The van der Waals surface area contributed by atoms with E-state index in [9.17, 15) is 18.0 Å². The van der Waals surface area contributed by atoms with Crippen molar-refractivity contribution in [2.45, 2.75) is 43.9 Å². The molecular weight excluding hydrogens is 303 g/mol. The Morgan fingerprint density at radius 3 is 2.38 bits per heavy atom. The van der Waals surface area contributed by atoms with Gasteiger partial charge in [0.1, 0.15) is 5.60 Å². The smallest absolute Gasteiger partial charge is 0.416 e. The molecule has 0 saturated heterocycles. The molecule has 0 atom stereocenters. The second-order valence-electron chi connectivity index (χ2n) is 5.44. The molecule has 0 aromatic heterocycles. The van der Waals surface area contributed by atoms with Gasteiger partial charge in [0.05, 0.1) is 12.0 Å². The van der Waals surface area contributed by atoms with Crippen LogP contribution in [-0.2, 0) is 15.7 Å². The van der Waals surface area contributed by atoms with Crippen LogP contribution in [0, 0.1) is 0 Å². The number of carbonyl (C=O) groups is 1. The Bertz CT molecular complexity index is 510. The highest BCUT2D eigenvalue weighted by molar-refractivity contribution is 7.99. The van der Waals surface area contributed by atoms with E-state index in [4.69, 9.17) is 10.5 Å². The number of alkyl halides is 3. The molecule has 0 heterocycles. The fourth-order valence-electron chi connectivity index (χ4n) is 1.49. The number of carbonyl (C=O) groups excluding carboxylic acids is 1. The minimum absolute atomic E-state index is 0.0546. The predicted octanol–water partition coefficient (Wildman–Crippen LogP) is 4.11. The minimum atomic E-state index is -4.41. The van der Waals surface area contributed by atoms with Crippen LogP contribution < -0.4 is 5.73 Å². The zero-order valence-electron chi connectivity index (χ0n) is 12.1. The Hall–Kier alpha value is -1.37. The monoisotopic (exact) mass is 321 g/mol. The first kappa shape index (κ1) is 17.7. The Morgan fingerprint density at radius 2 is 1.90 bits per heavy atom. The van der Waals surface area contributed by atoms with Crippen LogP contribution in [0.1, 0.15) is 32.8 Å². The van der Waals surface area contributed by atoms with Gasteiger partial charge in [-0.05, 0) is 39.0 Å². The number of hydrogen-bond acceptors (Lipinski definition) is 4. The van der Waals surface area contributed by atoms with Crippen LogP contribution >= 0.6 is 11.8 Å². The van der Waals surface area contributed by atoms with Gasteiger partial charge >= 0.3 is 12.1 Å². The fourth-order valence-corrected chi connectivity index (χ4v) is 2.37. The predicted molar refractivity (Wildman–Crippen MR) is 77.0 cm³/mol. The maximum absolute atomic E-state index is 12.5. The van der Waals surface area contributed by atoms with Gasteiger partial charge in [-0.2, -0.15) is 13.2 Å². The standard InChI is InChI=1S/C14H18F3NO2S/c1-13(2,3)20-12(19)6-7-21-11-5-4-9(8-10(11)18)14(15,16)17/h4-5,8H,6-7,18H2,1-3H3. The van der Waals surface area contributed by atoms with Gasteiger partial charge < -0.3 is 10.5 Å². The van der Waals surface area contributed by atoms with Gasteiger partial charge in [0, 0.05) is 16.3 Å². The zero-order valence-corrected chi connectivity index (χ0v) is 12.9. The molecule has 0 aliphatic carbocycles. The molecule has 0 saturated carbocycles. The van der Waals surface area contributed by atoms with E-state index < -0.39 is 17.3 Å². The third-order valence-electron chi connectivity index (χ3n) is 2.32. The molecule has 0 aliphatic rings. The maximum atomic E-state index is 12.5. The van der Waals surface area contributed by atoms with Crippen LogP contribution in [0.15, 0.2) is 23.1 Å². The third kappa shape index (κ3) is 6.29. The van der Waals surface area contributed by atoms with Crippen molar-refractivity contribution < 1.29 is 22.7 Å². The van der Waals surface area contributed by atoms with E-state index in [1.54, 1.807) is 20.8 Å². The molecule has 1 rings (SSSR count). The molecule has 2 N–H and O–H groups in total. The normalized spacial score (nSPS) is 12.3. The summed E-state index contributed by atoms with van der Waals surface area (Å²) in [4.78, 5) is 12.0. The third-order valence-corrected chi connectivity index (χ3v) is 3.41. The summed E-state index contributed by atoms with van der Waals surface area (Å²) in [6, 6.07) is 3.19. The Kier molecular flexibility index (Phi) is 5.55. The Balaban J connectivity index is 2.55. The van der Waals surface area contributed by atoms with Crippen molar-refractivity contribution >= 4 is 23.4 Å². The molecule has 0 amide bonds. The molecule has 0 bridgehead atoms. The van der Waals surface area contributed by atoms with E-state index in [1.807, 2.05) is 0 Å². The van der Waals surface area contributed by atoms with Crippen molar-refractivity contribution in [1.82, 2.24) is 0 Å². The van der Waals surface area contributed by atoms with Crippen molar-refractivity contribution in [2.75, 3.05) is 11.5 Å². The molecule has 0 unspecified atom stereocenters. The topological polar surface area (TPSA) is 52.3 Å². The van der Waals surface area contributed by atoms with Gasteiger partial charge in [0.25, 0.3) is 0 Å². The van der Waals surface area contributed by atoms with E-state index in [0.29, 0.717) is 10.6 Å². The van der Waals surface area contributed by atoms with Crippen molar-refractivity contribution in [2.24, 2.45) is 0 Å². The number of halogens is 3. The van der Waals surface area contributed by atoms with E-state index in [2.05, 4.69) is 0 Å². The Labute approximate surface area is 126 Å². The van der Waals surface area contributed by atoms with Gasteiger partial charge in [0.15, 0.2) is 0 Å². The summed E-state index contributed by atoms with van der Waals surface area (Å²) in [6.45, 7) is 5.31. The quantitative estimate of drug-likeness (QED) is 0.515. The number of ether oxygens (including phenoxy) is 1. The van der Waals surface area contributed by atoms with Crippen LogP contribution in [-0.4, -0.2) is 17.3 Å². The van der Waals surface area contributed by atoms with Gasteiger partial charge in [0.2, 0.25) is 0 Å². The van der Waals surface area contributed by atoms with Gasteiger partial charge in [-0.1, -0.05) is 0 Å². The lowest BCUT2D eigenvalue weighted by Crippen LogP contribution is -2.24. The Morgan fingerprint density at radius 1 is 1.29 bits per heavy atom. The molecule has 0 spiro atoms. The maximum Gasteiger partial charge on any atom is 0.416 e. The molecule has 21 heavy (non-hydrogen) atoms. The van der Waals surface area contributed by atoms with Crippen LogP contribution in [0.3, 0.4) is 0 Å². The van der Waals surface area contributed by atoms with Crippen molar-refractivity contribution in [3.8, 4) is 0 Å². The van der Waals surface area contributed by atoms with Crippen LogP contribution in [0.5, 0.6) is 0 Å². The average Bonchev–Trinajstić information content (AvgIpc) is 2.27. The van der Waals surface area contributed by atoms with Crippen LogP contribution in [0.4, 0.5) is 18.9 Å². The van der Waals surface area contributed by atoms with Crippen LogP contribution in [0.25, 0.3) is 0 Å². The molecule has 1 aromatic carbocycles. The van der Waals surface area contributed by atoms with E-state index >= 15 is 0 Å². The molecule has 1 aromatic rings. The number of nitrogens with two attached hydrogens (primary N) is 1. The first-order chi connectivity index (χ1) is 9.49. The summed E-state index contributed by atoms with van der Waals surface area (Å²) >= 11 is 1.23. The number of rotatable bonds is 4. The summed E-state index contributed by atoms with van der Waals surface area (Å²) in [5.41, 5.74) is 4.33.